The number of methoxy groups -OCH3 is 3. The van der Waals surface area contributed by atoms with Crippen molar-refractivity contribution in [2.24, 2.45) is 0 Å². The third-order valence-corrected chi connectivity index (χ3v) is 5.65. The molecule has 0 spiro atoms. The van der Waals surface area contributed by atoms with Gasteiger partial charge in [-0.15, -0.1) is 0 Å². The number of rotatable bonds is 5. The fourth-order valence-electron chi connectivity index (χ4n) is 3.32. The van der Waals surface area contributed by atoms with Crippen LogP contribution in [0.2, 0.25) is 0 Å². The zero-order valence-electron chi connectivity index (χ0n) is 16.3. The Morgan fingerprint density at radius 3 is 2.14 bits per heavy atom. The van der Waals surface area contributed by atoms with Gasteiger partial charge in [-0.2, -0.15) is 0 Å². The van der Waals surface area contributed by atoms with Gasteiger partial charge < -0.3 is 28.8 Å². The van der Waals surface area contributed by atoms with Gasteiger partial charge in [0.2, 0.25) is 5.79 Å². The molecule has 1 saturated heterocycles. The standard InChI is InChI=1S/C20H21BrO8/c1-10(22)20(28-16(18(23)26-3)17(29-20)19(24)27-4)12-6-7-13-11(9-12)5-8-14(25-2)15(13)21/h5-10,16-17,22H,1-4H3/t10-,16+,17+/m0/s1. The van der Waals surface area contributed by atoms with Crippen molar-refractivity contribution >= 4 is 38.6 Å². The Morgan fingerprint density at radius 2 is 1.66 bits per heavy atom. The predicted molar refractivity (Wildman–Crippen MR) is 105 cm³/mol. The van der Waals surface area contributed by atoms with Crippen LogP contribution >= 0.6 is 15.9 Å². The van der Waals surface area contributed by atoms with Crippen molar-refractivity contribution in [1.29, 1.82) is 0 Å². The number of carbonyl (C=O) groups is 2. The van der Waals surface area contributed by atoms with E-state index in [1.807, 2.05) is 6.07 Å². The Labute approximate surface area is 175 Å². The number of esters is 2. The largest absolute Gasteiger partial charge is 0.496 e. The molecule has 0 aliphatic carbocycles. The first-order valence-corrected chi connectivity index (χ1v) is 9.54. The highest BCUT2D eigenvalue weighted by molar-refractivity contribution is 9.10. The van der Waals surface area contributed by atoms with Crippen LogP contribution in [0, 0.1) is 0 Å². The summed E-state index contributed by atoms with van der Waals surface area (Å²) in [6.07, 6.45) is -4.00. The maximum Gasteiger partial charge on any atom is 0.338 e. The van der Waals surface area contributed by atoms with Crippen LogP contribution in [-0.2, 0) is 34.3 Å². The van der Waals surface area contributed by atoms with Gasteiger partial charge in [0.15, 0.2) is 12.2 Å². The van der Waals surface area contributed by atoms with E-state index in [0.29, 0.717) is 11.3 Å². The number of carbonyl (C=O) groups excluding carboxylic acids is 2. The lowest BCUT2D eigenvalue weighted by atomic mass is 9.97. The number of ether oxygens (including phenoxy) is 5. The van der Waals surface area contributed by atoms with Crippen molar-refractivity contribution in [2.45, 2.75) is 31.0 Å². The number of benzene rings is 2. The molecule has 0 bridgehead atoms. The molecule has 2 aromatic carbocycles. The highest BCUT2D eigenvalue weighted by atomic mass is 79.9. The second-order valence-corrected chi connectivity index (χ2v) is 7.28. The number of hydrogen-bond acceptors (Lipinski definition) is 8. The molecule has 0 radical (unpaired) electrons. The van der Waals surface area contributed by atoms with Crippen LogP contribution in [0.1, 0.15) is 12.5 Å². The molecule has 29 heavy (non-hydrogen) atoms. The Kier molecular flexibility index (Phi) is 6.13. The first-order chi connectivity index (χ1) is 13.8. The van der Waals surface area contributed by atoms with Crippen molar-refractivity contribution in [2.75, 3.05) is 21.3 Å². The lowest BCUT2D eigenvalue weighted by molar-refractivity contribution is -0.240. The fourth-order valence-corrected chi connectivity index (χ4v) is 3.98. The minimum atomic E-state index is -1.77. The monoisotopic (exact) mass is 468 g/mol. The summed E-state index contributed by atoms with van der Waals surface area (Å²) in [4.78, 5) is 24.4. The van der Waals surface area contributed by atoms with E-state index in [1.54, 1.807) is 31.4 Å². The van der Waals surface area contributed by atoms with Gasteiger partial charge in [-0.3, -0.25) is 0 Å². The van der Waals surface area contributed by atoms with Gasteiger partial charge in [-0.1, -0.05) is 18.2 Å². The SMILES string of the molecule is COC(=O)[C@@H]1OC(c2ccc3c(Br)c(OC)ccc3c2)([C@H](C)O)O[C@H]1C(=O)OC. The molecule has 156 valence electrons. The molecule has 1 fully saturated rings. The molecule has 0 amide bonds. The van der Waals surface area contributed by atoms with Gasteiger partial charge in [-0.05, 0) is 45.8 Å². The maximum absolute atomic E-state index is 12.2. The average molecular weight is 469 g/mol. The van der Waals surface area contributed by atoms with E-state index >= 15 is 0 Å². The maximum atomic E-state index is 12.2. The molecule has 2 aromatic rings. The molecule has 1 aliphatic heterocycles. The summed E-state index contributed by atoms with van der Waals surface area (Å²) >= 11 is 3.51. The third-order valence-electron chi connectivity index (χ3n) is 4.84. The van der Waals surface area contributed by atoms with Crippen molar-refractivity contribution < 1.29 is 38.4 Å². The van der Waals surface area contributed by atoms with Crippen molar-refractivity contribution in [1.82, 2.24) is 0 Å². The summed E-state index contributed by atoms with van der Waals surface area (Å²) in [5, 5.41) is 12.2. The summed E-state index contributed by atoms with van der Waals surface area (Å²) in [6, 6.07) is 8.86. The predicted octanol–water partition coefficient (Wildman–Crippen LogP) is 2.27. The first-order valence-electron chi connectivity index (χ1n) is 8.75. The first kappa shape index (κ1) is 21.5. The zero-order valence-corrected chi connectivity index (χ0v) is 17.9. The number of aliphatic hydroxyl groups is 1. The molecule has 0 unspecified atom stereocenters. The molecular weight excluding hydrogens is 448 g/mol. The van der Waals surface area contributed by atoms with Gasteiger partial charge in [-0.25, -0.2) is 9.59 Å². The minimum Gasteiger partial charge on any atom is -0.496 e. The summed E-state index contributed by atoms with van der Waals surface area (Å²) in [7, 11) is 3.91. The van der Waals surface area contributed by atoms with Gasteiger partial charge >= 0.3 is 11.9 Å². The van der Waals surface area contributed by atoms with Gasteiger partial charge in [0.25, 0.3) is 0 Å². The average Bonchev–Trinajstić information content (AvgIpc) is 3.15. The van der Waals surface area contributed by atoms with E-state index in [1.165, 1.54) is 21.1 Å². The van der Waals surface area contributed by atoms with Gasteiger partial charge in [0, 0.05) is 5.56 Å². The summed E-state index contributed by atoms with van der Waals surface area (Å²) < 4.78 is 27.2. The molecule has 1 N–H and O–H groups in total. The number of fused-ring (bicyclic) bond motifs is 1. The van der Waals surface area contributed by atoms with Crippen molar-refractivity contribution in [3.8, 4) is 5.75 Å². The van der Waals surface area contributed by atoms with Gasteiger partial charge in [0.05, 0.1) is 25.8 Å². The molecule has 3 rings (SSSR count). The lowest BCUT2D eigenvalue weighted by Gasteiger charge is -2.31. The molecule has 1 aliphatic rings. The molecule has 0 saturated carbocycles. The number of halogens is 1. The normalized spacial score (nSPS) is 21.6. The van der Waals surface area contributed by atoms with Crippen molar-refractivity contribution in [3.63, 3.8) is 0 Å². The van der Waals surface area contributed by atoms with Crippen LogP contribution in [0.15, 0.2) is 34.8 Å². The van der Waals surface area contributed by atoms with Crippen LogP contribution < -0.4 is 4.74 Å². The van der Waals surface area contributed by atoms with Gasteiger partial charge in [0.1, 0.15) is 11.9 Å². The number of aliphatic hydroxyl groups excluding tert-OH is 1. The van der Waals surface area contributed by atoms with E-state index < -0.39 is 36.0 Å². The van der Waals surface area contributed by atoms with E-state index in [2.05, 4.69) is 15.9 Å². The van der Waals surface area contributed by atoms with Crippen LogP contribution in [-0.4, -0.2) is 56.7 Å². The zero-order chi connectivity index (χ0) is 21.3. The highest BCUT2D eigenvalue weighted by Crippen LogP contribution is 2.43. The summed E-state index contributed by atoms with van der Waals surface area (Å²) in [6.45, 7) is 1.45. The second kappa shape index (κ2) is 8.27. The molecule has 9 heteroatoms. The quantitative estimate of drug-likeness (QED) is 0.666. The molecule has 8 nitrogen and oxygen atoms in total. The Balaban J connectivity index is 2.12. The summed E-state index contributed by atoms with van der Waals surface area (Å²) in [5.74, 6) is -2.72. The Bertz CT molecular complexity index is 917. The molecule has 3 atom stereocenters. The van der Waals surface area contributed by atoms with E-state index in [4.69, 9.17) is 23.7 Å². The van der Waals surface area contributed by atoms with E-state index in [0.717, 1.165) is 15.2 Å². The molecule has 0 aromatic heterocycles. The van der Waals surface area contributed by atoms with Crippen molar-refractivity contribution in [3.05, 3.63) is 40.4 Å². The third kappa shape index (κ3) is 3.59. The smallest absolute Gasteiger partial charge is 0.338 e. The summed E-state index contributed by atoms with van der Waals surface area (Å²) in [5.41, 5.74) is 0.428. The van der Waals surface area contributed by atoms with Crippen LogP contribution in [0.25, 0.3) is 10.8 Å². The molecule has 1 heterocycles. The highest BCUT2D eigenvalue weighted by Gasteiger charge is 2.58. The van der Waals surface area contributed by atoms with Crippen LogP contribution in [0.4, 0.5) is 0 Å². The Morgan fingerprint density at radius 1 is 1.07 bits per heavy atom. The lowest BCUT2D eigenvalue weighted by Crippen LogP contribution is -2.40. The van der Waals surface area contributed by atoms with Crippen LogP contribution in [0.3, 0.4) is 0 Å². The van der Waals surface area contributed by atoms with E-state index in [-0.39, 0.29) is 0 Å². The van der Waals surface area contributed by atoms with E-state index in [9.17, 15) is 14.7 Å². The Hall–Kier alpha value is -2.20. The second-order valence-electron chi connectivity index (χ2n) is 6.48. The number of hydrogen-bond donors (Lipinski definition) is 1. The fraction of sp³-hybridized carbons (Fsp3) is 0.400. The minimum absolute atomic E-state index is 0.428. The molecular formula is C20H21BrO8. The van der Waals surface area contributed by atoms with Crippen LogP contribution in [0.5, 0.6) is 5.75 Å². The topological polar surface area (TPSA) is 101 Å².